The number of pyridine rings is 1. The number of aromatic nitrogens is 2. The first-order chi connectivity index (χ1) is 8.33. The van der Waals surface area contributed by atoms with E-state index in [1.807, 2.05) is 53.9 Å². The van der Waals surface area contributed by atoms with Crippen molar-refractivity contribution in [1.82, 2.24) is 9.36 Å². The second kappa shape index (κ2) is 8.72. The van der Waals surface area contributed by atoms with Crippen molar-refractivity contribution in [3.63, 3.8) is 0 Å². The maximum Gasteiger partial charge on any atom is 0.135 e. The van der Waals surface area contributed by atoms with Gasteiger partial charge in [-0.05, 0) is 36.9 Å². The first-order valence-electron chi connectivity index (χ1n) is 5.95. The molecule has 2 aromatic heterocycles. The molecule has 17 heavy (non-hydrogen) atoms. The normalized spacial score (nSPS) is 8.12. The zero-order valence-electron chi connectivity index (χ0n) is 11.5. The summed E-state index contributed by atoms with van der Waals surface area (Å²) in [5.74, 6) is 5.86. The predicted molar refractivity (Wildman–Crippen MR) is 77.4 cm³/mol. The largest absolute Gasteiger partial charge is 0.263 e. The van der Waals surface area contributed by atoms with Crippen molar-refractivity contribution in [2.24, 2.45) is 0 Å². The highest BCUT2D eigenvalue weighted by Gasteiger charge is 2.05. The lowest BCUT2D eigenvalue weighted by Gasteiger charge is -1.92. The maximum absolute atomic E-state index is 4.27. The molecule has 0 unspecified atom stereocenters. The summed E-state index contributed by atoms with van der Waals surface area (Å²) in [6, 6.07) is 0. The van der Waals surface area contributed by atoms with Gasteiger partial charge in [0.25, 0.3) is 0 Å². The number of hydrogen-bond acceptors (Lipinski definition) is 3. The van der Waals surface area contributed by atoms with Gasteiger partial charge in [-0.15, -0.1) is 0 Å². The van der Waals surface area contributed by atoms with Gasteiger partial charge in [0, 0.05) is 17.8 Å². The van der Waals surface area contributed by atoms with Gasteiger partial charge >= 0.3 is 0 Å². The van der Waals surface area contributed by atoms with Crippen molar-refractivity contribution < 1.29 is 0 Å². The standard InChI is InChI=1S/C10H8N2S.2C2H6/c1-3-4-8-10-7(2)5-11-6-9(10)13-12-8;2*1-2/h5-6H,1-2H3;2*1-2H3. The minimum atomic E-state index is 0.877. The zero-order valence-corrected chi connectivity index (χ0v) is 12.3. The van der Waals surface area contributed by atoms with Crippen molar-refractivity contribution >= 4 is 21.6 Å². The smallest absolute Gasteiger partial charge is 0.135 e. The molecule has 0 aliphatic carbocycles. The van der Waals surface area contributed by atoms with E-state index in [-0.39, 0.29) is 0 Å². The SMILES string of the molecule is CC.CC.CC#Cc1nsc2cncc(C)c12. The van der Waals surface area contributed by atoms with Gasteiger partial charge in [0.1, 0.15) is 5.69 Å². The highest BCUT2D eigenvalue weighted by atomic mass is 32.1. The van der Waals surface area contributed by atoms with Gasteiger partial charge in [-0.2, -0.15) is 4.37 Å². The van der Waals surface area contributed by atoms with E-state index in [9.17, 15) is 0 Å². The summed E-state index contributed by atoms with van der Waals surface area (Å²) in [4.78, 5) is 4.11. The number of hydrogen-bond donors (Lipinski definition) is 0. The quantitative estimate of drug-likeness (QED) is 0.645. The fraction of sp³-hybridized carbons (Fsp3) is 0.429. The maximum atomic E-state index is 4.27. The van der Waals surface area contributed by atoms with Gasteiger partial charge in [0.2, 0.25) is 0 Å². The minimum Gasteiger partial charge on any atom is -0.263 e. The van der Waals surface area contributed by atoms with Crippen LogP contribution in [0.1, 0.15) is 45.9 Å². The summed E-state index contributed by atoms with van der Waals surface area (Å²) < 4.78 is 5.38. The Hall–Kier alpha value is -1.40. The van der Waals surface area contributed by atoms with E-state index < -0.39 is 0 Å². The Morgan fingerprint density at radius 2 is 1.76 bits per heavy atom. The average molecular weight is 248 g/mol. The molecule has 2 heterocycles. The van der Waals surface area contributed by atoms with Crippen LogP contribution < -0.4 is 0 Å². The van der Waals surface area contributed by atoms with Gasteiger partial charge in [-0.25, -0.2) is 0 Å². The van der Waals surface area contributed by atoms with Crippen LogP contribution in [0.3, 0.4) is 0 Å². The molecule has 0 saturated carbocycles. The third-order valence-electron chi connectivity index (χ3n) is 1.82. The van der Waals surface area contributed by atoms with Crippen molar-refractivity contribution in [2.45, 2.75) is 41.5 Å². The van der Waals surface area contributed by atoms with Crippen LogP contribution in [0.5, 0.6) is 0 Å². The Bertz CT molecular complexity index is 504. The number of nitrogens with zero attached hydrogens (tertiary/aromatic N) is 2. The average Bonchev–Trinajstić information content (AvgIpc) is 2.80. The summed E-state index contributed by atoms with van der Waals surface area (Å²) in [5, 5.41) is 1.15. The summed E-state index contributed by atoms with van der Waals surface area (Å²) >= 11 is 1.45. The molecule has 0 N–H and O–H groups in total. The Labute approximate surface area is 108 Å². The van der Waals surface area contributed by atoms with E-state index >= 15 is 0 Å². The highest BCUT2D eigenvalue weighted by molar-refractivity contribution is 7.13. The van der Waals surface area contributed by atoms with Crippen LogP contribution in [0, 0.1) is 18.8 Å². The molecule has 0 amide bonds. The van der Waals surface area contributed by atoms with Crippen LogP contribution in [0.15, 0.2) is 12.4 Å². The molecule has 0 saturated heterocycles. The third kappa shape index (κ3) is 3.83. The molecule has 0 bridgehead atoms. The van der Waals surface area contributed by atoms with Gasteiger partial charge < -0.3 is 0 Å². The second-order valence-electron chi connectivity index (χ2n) is 2.74. The van der Waals surface area contributed by atoms with Crippen LogP contribution >= 0.6 is 11.5 Å². The van der Waals surface area contributed by atoms with Crippen molar-refractivity contribution in [2.75, 3.05) is 0 Å². The molecule has 0 aromatic carbocycles. The van der Waals surface area contributed by atoms with E-state index in [4.69, 9.17) is 0 Å². The Morgan fingerprint density at radius 3 is 2.35 bits per heavy atom. The first-order valence-corrected chi connectivity index (χ1v) is 6.73. The van der Waals surface area contributed by atoms with E-state index in [2.05, 4.69) is 21.2 Å². The zero-order chi connectivity index (χ0) is 13.3. The molecule has 92 valence electrons. The van der Waals surface area contributed by atoms with Crippen LogP contribution in [0.25, 0.3) is 10.1 Å². The fourth-order valence-electron chi connectivity index (χ4n) is 1.26. The molecule has 2 rings (SSSR count). The highest BCUT2D eigenvalue weighted by Crippen LogP contribution is 2.23. The van der Waals surface area contributed by atoms with Gasteiger partial charge in [-0.1, -0.05) is 33.6 Å². The number of rotatable bonds is 0. The lowest BCUT2D eigenvalue weighted by atomic mass is 10.2. The second-order valence-corrected chi connectivity index (χ2v) is 3.54. The monoisotopic (exact) mass is 248 g/mol. The first kappa shape index (κ1) is 15.6. The Kier molecular flexibility index (Phi) is 8.00. The molecule has 0 fully saturated rings. The number of aryl methyl sites for hydroxylation is 1. The minimum absolute atomic E-state index is 0.877. The molecule has 0 spiro atoms. The van der Waals surface area contributed by atoms with E-state index in [0.717, 1.165) is 21.3 Å². The Morgan fingerprint density at radius 1 is 1.12 bits per heavy atom. The predicted octanol–water partition coefficient (Wildman–Crippen LogP) is 4.42. The summed E-state index contributed by atoms with van der Waals surface area (Å²) in [7, 11) is 0. The number of fused-ring (bicyclic) bond motifs is 1. The van der Waals surface area contributed by atoms with Crippen molar-refractivity contribution in [3.05, 3.63) is 23.7 Å². The molecular weight excluding hydrogens is 228 g/mol. The summed E-state index contributed by atoms with van der Waals surface area (Å²) in [5.41, 5.74) is 2.02. The molecule has 0 atom stereocenters. The van der Waals surface area contributed by atoms with Crippen molar-refractivity contribution in [3.8, 4) is 11.8 Å². The topological polar surface area (TPSA) is 25.8 Å². The molecule has 2 aromatic rings. The lowest BCUT2D eigenvalue weighted by Crippen LogP contribution is -1.80. The molecule has 0 aliphatic heterocycles. The molecule has 0 radical (unpaired) electrons. The van der Waals surface area contributed by atoms with Crippen LogP contribution in [0.2, 0.25) is 0 Å². The van der Waals surface area contributed by atoms with E-state index in [1.165, 1.54) is 11.5 Å². The van der Waals surface area contributed by atoms with Crippen LogP contribution in [-0.4, -0.2) is 9.36 Å². The molecule has 2 nitrogen and oxygen atoms in total. The molecular formula is C14H20N2S. The van der Waals surface area contributed by atoms with Crippen LogP contribution in [-0.2, 0) is 0 Å². The summed E-state index contributed by atoms with van der Waals surface area (Å²) in [6.45, 7) is 11.9. The van der Waals surface area contributed by atoms with Crippen molar-refractivity contribution in [1.29, 1.82) is 0 Å². The van der Waals surface area contributed by atoms with E-state index in [1.54, 1.807) is 0 Å². The van der Waals surface area contributed by atoms with Crippen LogP contribution in [0.4, 0.5) is 0 Å². The molecule has 3 heteroatoms. The van der Waals surface area contributed by atoms with Gasteiger partial charge in [0.05, 0.1) is 4.70 Å². The van der Waals surface area contributed by atoms with E-state index in [0.29, 0.717) is 0 Å². The fourth-order valence-corrected chi connectivity index (χ4v) is 2.04. The third-order valence-corrected chi connectivity index (χ3v) is 2.60. The Balaban J connectivity index is 0.000000581. The lowest BCUT2D eigenvalue weighted by molar-refractivity contribution is 1.31. The van der Waals surface area contributed by atoms with Gasteiger partial charge in [0.15, 0.2) is 0 Å². The van der Waals surface area contributed by atoms with Gasteiger partial charge in [-0.3, -0.25) is 4.98 Å². The molecule has 0 aliphatic rings. The summed E-state index contributed by atoms with van der Waals surface area (Å²) in [6.07, 6.45) is 3.68.